The lowest BCUT2D eigenvalue weighted by Gasteiger charge is -2.28. The van der Waals surface area contributed by atoms with Crippen LogP contribution in [0.1, 0.15) is 24.8 Å². The minimum absolute atomic E-state index is 0.240. The Balaban J connectivity index is 1.98. The molecule has 0 atom stereocenters. The van der Waals surface area contributed by atoms with Gasteiger partial charge in [-0.25, -0.2) is 0 Å². The molecule has 4 nitrogen and oxygen atoms in total. The summed E-state index contributed by atoms with van der Waals surface area (Å²) in [6, 6.07) is 3.42. The van der Waals surface area contributed by atoms with E-state index >= 15 is 0 Å². The van der Waals surface area contributed by atoms with Gasteiger partial charge in [-0.15, -0.1) is 0 Å². The van der Waals surface area contributed by atoms with Crippen LogP contribution in [-0.4, -0.2) is 37.9 Å². The lowest BCUT2D eigenvalue weighted by atomic mass is 9.90. The Morgan fingerprint density at radius 1 is 1.43 bits per heavy atom. The highest BCUT2D eigenvalue weighted by Gasteiger charge is 2.20. The molecule has 0 aromatic heterocycles. The minimum atomic E-state index is 0.240. The SMILES string of the molecule is COc1cc(N)c(Cl)cc1CC(=O)CC1CCN(C)CC1. The first-order valence-corrected chi connectivity index (χ1v) is 7.69. The summed E-state index contributed by atoms with van der Waals surface area (Å²) in [7, 11) is 3.70. The van der Waals surface area contributed by atoms with Crippen LogP contribution < -0.4 is 10.5 Å². The zero-order valence-corrected chi connectivity index (χ0v) is 13.4. The van der Waals surface area contributed by atoms with E-state index in [0.29, 0.717) is 35.2 Å². The van der Waals surface area contributed by atoms with Crippen molar-refractivity contribution in [2.24, 2.45) is 5.92 Å². The lowest BCUT2D eigenvalue weighted by molar-refractivity contribution is -0.119. The summed E-state index contributed by atoms with van der Waals surface area (Å²) in [5.74, 6) is 1.38. The van der Waals surface area contributed by atoms with Crippen molar-refractivity contribution in [3.8, 4) is 5.75 Å². The second-order valence-corrected chi connectivity index (χ2v) is 6.26. The summed E-state index contributed by atoms with van der Waals surface area (Å²) in [6.07, 6.45) is 3.19. The molecule has 0 bridgehead atoms. The normalized spacial score (nSPS) is 16.9. The number of hydrogen-bond acceptors (Lipinski definition) is 4. The standard InChI is InChI=1S/C16H23ClN2O2/c1-19-5-3-11(4-6-19)7-13(20)8-12-9-14(17)15(18)10-16(12)21-2/h9-11H,3-8,18H2,1-2H3. The minimum Gasteiger partial charge on any atom is -0.496 e. The zero-order chi connectivity index (χ0) is 15.4. The van der Waals surface area contributed by atoms with Crippen LogP contribution in [0, 0.1) is 5.92 Å². The van der Waals surface area contributed by atoms with Gasteiger partial charge < -0.3 is 15.4 Å². The van der Waals surface area contributed by atoms with Gasteiger partial charge in [0.2, 0.25) is 0 Å². The quantitative estimate of drug-likeness (QED) is 0.850. The van der Waals surface area contributed by atoms with Crippen LogP contribution >= 0.6 is 11.6 Å². The van der Waals surface area contributed by atoms with E-state index in [-0.39, 0.29) is 5.78 Å². The van der Waals surface area contributed by atoms with E-state index in [1.165, 1.54) is 0 Å². The Labute approximate surface area is 131 Å². The molecule has 1 aliphatic heterocycles. The van der Waals surface area contributed by atoms with Crippen LogP contribution in [0.5, 0.6) is 5.75 Å². The predicted molar refractivity (Wildman–Crippen MR) is 86.0 cm³/mol. The fraction of sp³-hybridized carbons (Fsp3) is 0.562. The van der Waals surface area contributed by atoms with Crippen LogP contribution in [0.15, 0.2) is 12.1 Å². The van der Waals surface area contributed by atoms with Gasteiger partial charge in [0.05, 0.1) is 17.8 Å². The molecule has 0 saturated carbocycles. The maximum absolute atomic E-state index is 12.3. The van der Waals surface area contributed by atoms with Crippen molar-refractivity contribution in [1.82, 2.24) is 4.90 Å². The van der Waals surface area contributed by atoms with Gasteiger partial charge in [0.25, 0.3) is 0 Å². The maximum Gasteiger partial charge on any atom is 0.137 e. The summed E-state index contributed by atoms with van der Waals surface area (Å²) >= 11 is 6.04. The van der Waals surface area contributed by atoms with E-state index in [0.717, 1.165) is 31.5 Å². The fourth-order valence-electron chi connectivity index (χ4n) is 2.81. The molecular weight excluding hydrogens is 288 g/mol. The average Bonchev–Trinajstić information content (AvgIpc) is 2.45. The number of hydrogen-bond donors (Lipinski definition) is 1. The third-order valence-corrected chi connectivity index (χ3v) is 4.47. The number of nitrogens with two attached hydrogens (primary N) is 1. The van der Waals surface area contributed by atoms with Gasteiger partial charge in [-0.2, -0.15) is 0 Å². The number of methoxy groups -OCH3 is 1. The molecule has 1 aliphatic rings. The van der Waals surface area contributed by atoms with Crippen molar-refractivity contribution in [1.29, 1.82) is 0 Å². The van der Waals surface area contributed by atoms with Crippen molar-refractivity contribution in [2.45, 2.75) is 25.7 Å². The molecule has 1 fully saturated rings. The van der Waals surface area contributed by atoms with Crippen LogP contribution in [0.25, 0.3) is 0 Å². The van der Waals surface area contributed by atoms with Crippen molar-refractivity contribution in [3.05, 3.63) is 22.7 Å². The van der Waals surface area contributed by atoms with Gasteiger partial charge in [0, 0.05) is 24.5 Å². The number of halogens is 1. The van der Waals surface area contributed by atoms with Gasteiger partial charge in [0.15, 0.2) is 0 Å². The van der Waals surface area contributed by atoms with E-state index in [2.05, 4.69) is 11.9 Å². The highest BCUT2D eigenvalue weighted by atomic mass is 35.5. The number of Topliss-reactive ketones (excluding diaryl/α,β-unsaturated/α-hetero) is 1. The number of rotatable bonds is 5. The van der Waals surface area contributed by atoms with Crippen LogP contribution in [-0.2, 0) is 11.2 Å². The fourth-order valence-corrected chi connectivity index (χ4v) is 3.00. The Hall–Kier alpha value is -1.26. The number of likely N-dealkylation sites (tertiary alicyclic amines) is 1. The number of carbonyl (C=O) groups excluding carboxylic acids is 1. The molecule has 0 unspecified atom stereocenters. The number of ketones is 1. The highest BCUT2D eigenvalue weighted by Crippen LogP contribution is 2.30. The van der Waals surface area contributed by atoms with Crippen LogP contribution in [0.4, 0.5) is 5.69 Å². The van der Waals surface area contributed by atoms with Gasteiger partial charge in [-0.3, -0.25) is 4.79 Å². The summed E-state index contributed by atoms with van der Waals surface area (Å²) < 4.78 is 5.29. The van der Waals surface area contributed by atoms with Gasteiger partial charge in [0.1, 0.15) is 11.5 Å². The highest BCUT2D eigenvalue weighted by molar-refractivity contribution is 6.33. The molecule has 21 heavy (non-hydrogen) atoms. The van der Waals surface area contributed by atoms with Crippen molar-refractivity contribution in [2.75, 3.05) is 33.0 Å². The lowest BCUT2D eigenvalue weighted by Crippen LogP contribution is -2.31. The Bertz CT molecular complexity index is 511. The summed E-state index contributed by atoms with van der Waals surface area (Å²) in [5, 5.41) is 0.470. The number of ether oxygens (including phenoxy) is 1. The Morgan fingerprint density at radius 3 is 2.71 bits per heavy atom. The molecule has 1 saturated heterocycles. The summed E-state index contributed by atoms with van der Waals surface area (Å²) in [5.41, 5.74) is 7.04. The molecule has 5 heteroatoms. The van der Waals surface area contributed by atoms with E-state index in [1.54, 1.807) is 19.2 Å². The third kappa shape index (κ3) is 4.35. The van der Waals surface area contributed by atoms with Crippen molar-refractivity contribution >= 4 is 23.1 Å². The molecule has 1 aromatic rings. The van der Waals surface area contributed by atoms with E-state index in [4.69, 9.17) is 22.1 Å². The van der Waals surface area contributed by atoms with E-state index in [1.807, 2.05) is 0 Å². The van der Waals surface area contributed by atoms with Gasteiger partial charge in [-0.05, 0) is 45.0 Å². The first-order valence-electron chi connectivity index (χ1n) is 7.31. The molecular formula is C16H23ClN2O2. The van der Waals surface area contributed by atoms with Gasteiger partial charge in [-0.1, -0.05) is 11.6 Å². The summed E-state index contributed by atoms with van der Waals surface area (Å²) in [6.45, 7) is 2.16. The molecule has 1 aromatic carbocycles. The number of piperidine rings is 1. The number of carbonyl (C=O) groups is 1. The molecule has 1 heterocycles. The molecule has 0 amide bonds. The Morgan fingerprint density at radius 2 is 2.10 bits per heavy atom. The summed E-state index contributed by atoms with van der Waals surface area (Å²) in [4.78, 5) is 14.6. The first-order chi connectivity index (χ1) is 9.99. The monoisotopic (exact) mass is 310 g/mol. The predicted octanol–water partition coefficient (Wildman–Crippen LogP) is 2.77. The molecule has 2 N–H and O–H groups in total. The number of anilines is 1. The topological polar surface area (TPSA) is 55.6 Å². The van der Waals surface area contributed by atoms with Crippen molar-refractivity contribution in [3.63, 3.8) is 0 Å². The number of nitrogen functional groups attached to an aromatic ring is 1. The number of nitrogens with zero attached hydrogens (tertiary/aromatic N) is 1. The Kier molecular flexibility index (Phi) is 5.48. The van der Waals surface area contributed by atoms with Crippen LogP contribution in [0.2, 0.25) is 5.02 Å². The molecule has 116 valence electrons. The van der Waals surface area contributed by atoms with Gasteiger partial charge >= 0.3 is 0 Å². The van der Waals surface area contributed by atoms with E-state index < -0.39 is 0 Å². The average molecular weight is 311 g/mol. The van der Waals surface area contributed by atoms with Crippen LogP contribution in [0.3, 0.4) is 0 Å². The second kappa shape index (κ2) is 7.14. The zero-order valence-electron chi connectivity index (χ0n) is 12.7. The largest absolute Gasteiger partial charge is 0.496 e. The molecule has 0 radical (unpaired) electrons. The molecule has 0 aliphatic carbocycles. The molecule has 0 spiro atoms. The maximum atomic E-state index is 12.3. The van der Waals surface area contributed by atoms with E-state index in [9.17, 15) is 4.79 Å². The first kappa shape index (κ1) is 16.1. The third-order valence-electron chi connectivity index (χ3n) is 4.14. The molecule has 2 rings (SSSR count). The van der Waals surface area contributed by atoms with Crippen molar-refractivity contribution < 1.29 is 9.53 Å². The second-order valence-electron chi connectivity index (χ2n) is 5.85. The smallest absolute Gasteiger partial charge is 0.137 e. The number of benzene rings is 1.